The number of nitrogens with two attached hydrogens (primary N) is 1. The summed E-state index contributed by atoms with van der Waals surface area (Å²) in [5.41, 5.74) is 6.79. The van der Waals surface area contributed by atoms with E-state index in [2.05, 4.69) is 43.5 Å². The second-order valence-electron chi connectivity index (χ2n) is 3.50. The Bertz CT molecular complexity index is 513. The molecule has 3 nitrogen and oxygen atoms in total. The fourth-order valence-corrected chi connectivity index (χ4v) is 3.76. The Morgan fingerprint density at radius 3 is 2.88 bits per heavy atom. The lowest BCUT2D eigenvalue weighted by molar-refractivity contribution is 0.960. The summed E-state index contributed by atoms with van der Waals surface area (Å²) >= 11 is 6.63. The van der Waals surface area contributed by atoms with Gasteiger partial charge in [0.05, 0.1) is 0 Å². The predicted molar refractivity (Wildman–Crippen MR) is 75.7 cm³/mol. The molecule has 1 heterocycles. The average Bonchev–Trinajstić information content (AvgIpc) is 2.68. The Labute approximate surface area is 117 Å². The lowest BCUT2D eigenvalue weighted by atomic mass is 10.1. The van der Waals surface area contributed by atoms with E-state index in [0.717, 1.165) is 26.0 Å². The van der Waals surface area contributed by atoms with Gasteiger partial charge in [-0.1, -0.05) is 33.8 Å². The molecule has 0 fully saturated rings. The summed E-state index contributed by atoms with van der Waals surface area (Å²) in [6, 6.07) is 6.30. The van der Waals surface area contributed by atoms with Crippen molar-refractivity contribution in [3.63, 3.8) is 0 Å². The SMILES string of the molecule is Cc1nsc(Sc2ccc(CCN)c(Br)c2)n1. The first-order valence-corrected chi connectivity index (χ1v) is 7.54. The zero-order chi connectivity index (χ0) is 12.3. The fraction of sp³-hybridized carbons (Fsp3) is 0.273. The molecular weight excluding hydrogens is 318 g/mol. The van der Waals surface area contributed by atoms with E-state index in [9.17, 15) is 0 Å². The molecule has 0 saturated carbocycles. The Balaban J connectivity index is 2.14. The fourth-order valence-electron chi connectivity index (χ4n) is 1.37. The molecule has 0 unspecified atom stereocenters. The van der Waals surface area contributed by atoms with Crippen LogP contribution < -0.4 is 5.73 Å². The highest BCUT2D eigenvalue weighted by atomic mass is 79.9. The summed E-state index contributed by atoms with van der Waals surface area (Å²) in [6.45, 7) is 2.57. The third kappa shape index (κ3) is 3.51. The van der Waals surface area contributed by atoms with E-state index in [1.165, 1.54) is 17.1 Å². The van der Waals surface area contributed by atoms with Gasteiger partial charge in [0, 0.05) is 9.37 Å². The molecule has 1 aromatic carbocycles. The minimum Gasteiger partial charge on any atom is -0.330 e. The maximum Gasteiger partial charge on any atom is 0.174 e. The molecule has 1 aromatic heterocycles. The van der Waals surface area contributed by atoms with Gasteiger partial charge in [0.15, 0.2) is 4.34 Å². The van der Waals surface area contributed by atoms with Crippen molar-refractivity contribution in [1.82, 2.24) is 9.36 Å². The molecule has 0 spiro atoms. The second kappa shape index (κ2) is 5.95. The first-order chi connectivity index (χ1) is 8.19. The molecule has 17 heavy (non-hydrogen) atoms. The van der Waals surface area contributed by atoms with Gasteiger partial charge in [0.2, 0.25) is 0 Å². The molecule has 2 rings (SSSR count). The van der Waals surface area contributed by atoms with Crippen molar-refractivity contribution in [2.75, 3.05) is 6.54 Å². The van der Waals surface area contributed by atoms with Crippen molar-refractivity contribution in [2.24, 2.45) is 5.73 Å². The molecule has 0 aliphatic heterocycles. The number of halogens is 1. The maximum absolute atomic E-state index is 5.55. The van der Waals surface area contributed by atoms with Gasteiger partial charge in [-0.05, 0) is 49.1 Å². The lowest BCUT2D eigenvalue weighted by Gasteiger charge is -2.04. The van der Waals surface area contributed by atoms with Crippen LogP contribution in [0.2, 0.25) is 0 Å². The Morgan fingerprint density at radius 2 is 2.29 bits per heavy atom. The highest BCUT2D eigenvalue weighted by Crippen LogP contribution is 2.31. The van der Waals surface area contributed by atoms with Crippen molar-refractivity contribution >= 4 is 39.2 Å². The number of hydrogen-bond donors (Lipinski definition) is 1. The molecule has 6 heteroatoms. The number of benzene rings is 1. The van der Waals surface area contributed by atoms with Gasteiger partial charge in [-0.2, -0.15) is 4.37 Å². The molecule has 0 radical (unpaired) electrons. The van der Waals surface area contributed by atoms with E-state index < -0.39 is 0 Å². The molecule has 0 atom stereocenters. The predicted octanol–water partition coefficient (Wildman–Crippen LogP) is 3.26. The summed E-state index contributed by atoms with van der Waals surface area (Å²) in [5.74, 6) is 0.830. The van der Waals surface area contributed by atoms with E-state index in [1.807, 2.05) is 6.92 Å². The van der Waals surface area contributed by atoms with Gasteiger partial charge in [-0.15, -0.1) is 0 Å². The molecule has 90 valence electrons. The monoisotopic (exact) mass is 329 g/mol. The molecule has 2 N–H and O–H groups in total. The summed E-state index contributed by atoms with van der Waals surface area (Å²) in [7, 11) is 0. The molecule has 2 aromatic rings. The van der Waals surface area contributed by atoms with Crippen LogP contribution in [0.15, 0.2) is 31.9 Å². The lowest BCUT2D eigenvalue weighted by Crippen LogP contribution is -2.03. The normalized spacial score (nSPS) is 10.8. The average molecular weight is 330 g/mol. The van der Waals surface area contributed by atoms with Crippen LogP contribution in [-0.2, 0) is 6.42 Å². The number of aromatic nitrogens is 2. The van der Waals surface area contributed by atoms with Gasteiger partial charge in [-0.25, -0.2) is 4.98 Å². The first kappa shape index (κ1) is 13.0. The minimum absolute atomic E-state index is 0.667. The molecule has 0 amide bonds. The number of aryl methyl sites for hydroxylation is 1. The summed E-state index contributed by atoms with van der Waals surface area (Å²) in [6.07, 6.45) is 0.892. The van der Waals surface area contributed by atoms with Crippen molar-refractivity contribution in [1.29, 1.82) is 0 Å². The van der Waals surface area contributed by atoms with Gasteiger partial charge in [0.25, 0.3) is 0 Å². The topological polar surface area (TPSA) is 51.8 Å². The van der Waals surface area contributed by atoms with Crippen molar-refractivity contribution < 1.29 is 0 Å². The van der Waals surface area contributed by atoms with Crippen LogP contribution in [0.25, 0.3) is 0 Å². The van der Waals surface area contributed by atoms with E-state index in [0.29, 0.717) is 6.54 Å². The van der Waals surface area contributed by atoms with E-state index in [-0.39, 0.29) is 0 Å². The summed E-state index contributed by atoms with van der Waals surface area (Å²) in [5, 5.41) is 0. The van der Waals surface area contributed by atoms with Crippen LogP contribution in [-0.4, -0.2) is 15.9 Å². The van der Waals surface area contributed by atoms with Crippen LogP contribution in [0.3, 0.4) is 0 Å². The van der Waals surface area contributed by atoms with E-state index >= 15 is 0 Å². The van der Waals surface area contributed by atoms with Crippen LogP contribution >= 0.6 is 39.2 Å². The number of hydrogen-bond acceptors (Lipinski definition) is 5. The molecule has 0 aliphatic rings. The quantitative estimate of drug-likeness (QED) is 0.935. The number of rotatable bonds is 4. The van der Waals surface area contributed by atoms with Crippen molar-refractivity contribution in [3.05, 3.63) is 34.1 Å². The molecule has 0 aliphatic carbocycles. The Kier molecular flexibility index (Phi) is 4.55. The van der Waals surface area contributed by atoms with Gasteiger partial charge in [0.1, 0.15) is 5.82 Å². The van der Waals surface area contributed by atoms with E-state index in [1.54, 1.807) is 11.8 Å². The van der Waals surface area contributed by atoms with Gasteiger partial charge >= 0.3 is 0 Å². The van der Waals surface area contributed by atoms with Crippen LogP contribution in [0.4, 0.5) is 0 Å². The zero-order valence-electron chi connectivity index (χ0n) is 9.31. The molecule has 0 bridgehead atoms. The third-order valence-electron chi connectivity index (χ3n) is 2.15. The van der Waals surface area contributed by atoms with Gasteiger partial charge in [-0.3, -0.25) is 0 Å². The zero-order valence-corrected chi connectivity index (χ0v) is 12.5. The third-order valence-corrected chi connectivity index (χ3v) is 4.72. The Morgan fingerprint density at radius 1 is 1.47 bits per heavy atom. The van der Waals surface area contributed by atoms with Crippen LogP contribution in [0.5, 0.6) is 0 Å². The standard InChI is InChI=1S/C11H12BrN3S2/c1-7-14-11(17-15-7)16-9-3-2-8(4-5-13)10(12)6-9/h2-3,6H,4-5,13H2,1H3. The highest BCUT2D eigenvalue weighted by molar-refractivity contribution is 9.10. The second-order valence-corrected chi connectivity index (χ2v) is 6.43. The minimum atomic E-state index is 0.667. The Hall–Kier alpha value is -0.430. The maximum atomic E-state index is 5.55. The summed E-state index contributed by atoms with van der Waals surface area (Å²) in [4.78, 5) is 5.49. The van der Waals surface area contributed by atoms with Crippen LogP contribution in [0, 0.1) is 6.92 Å². The largest absolute Gasteiger partial charge is 0.330 e. The highest BCUT2D eigenvalue weighted by Gasteiger charge is 2.05. The molecular formula is C11H12BrN3S2. The smallest absolute Gasteiger partial charge is 0.174 e. The van der Waals surface area contributed by atoms with Crippen LogP contribution in [0.1, 0.15) is 11.4 Å². The van der Waals surface area contributed by atoms with Crippen molar-refractivity contribution in [2.45, 2.75) is 22.6 Å². The van der Waals surface area contributed by atoms with Gasteiger partial charge < -0.3 is 5.73 Å². The molecule has 0 saturated heterocycles. The number of nitrogens with zero attached hydrogens (tertiary/aromatic N) is 2. The van der Waals surface area contributed by atoms with E-state index in [4.69, 9.17) is 5.73 Å². The summed E-state index contributed by atoms with van der Waals surface area (Å²) < 4.78 is 6.24. The first-order valence-electron chi connectivity index (χ1n) is 5.15. The van der Waals surface area contributed by atoms with Crippen molar-refractivity contribution in [3.8, 4) is 0 Å².